The fourth-order valence-corrected chi connectivity index (χ4v) is 2.47. The molecular formula is C21H22F2O4. The zero-order chi connectivity index (χ0) is 19.5. The molecule has 0 unspecified atom stereocenters. The van der Waals surface area contributed by atoms with Crippen LogP contribution in [-0.2, 0) is 31.9 Å². The van der Waals surface area contributed by atoms with Gasteiger partial charge in [0.25, 0.3) is 0 Å². The number of carbonyl (C=O) groups is 2. The van der Waals surface area contributed by atoms with Gasteiger partial charge in [-0.25, -0.2) is 8.78 Å². The van der Waals surface area contributed by atoms with Crippen LogP contribution in [0.25, 0.3) is 0 Å². The molecule has 0 bridgehead atoms. The van der Waals surface area contributed by atoms with Gasteiger partial charge < -0.3 is 9.47 Å². The zero-order valence-corrected chi connectivity index (χ0v) is 15.0. The maximum atomic E-state index is 13.4. The largest absolute Gasteiger partial charge is 0.465 e. The molecule has 2 aromatic carbocycles. The minimum atomic E-state index is -0.439. The molecule has 0 aliphatic heterocycles. The Morgan fingerprint density at radius 2 is 1.11 bits per heavy atom. The third kappa shape index (κ3) is 7.56. The van der Waals surface area contributed by atoms with E-state index in [1.165, 1.54) is 12.1 Å². The van der Waals surface area contributed by atoms with Crippen molar-refractivity contribution in [2.45, 2.75) is 32.1 Å². The highest BCUT2D eigenvalue weighted by Gasteiger charge is 2.09. The number of benzene rings is 2. The number of halogens is 2. The summed E-state index contributed by atoms with van der Waals surface area (Å²) >= 11 is 0. The van der Waals surface area contributed by atoms with Crippen molar-refractivity contribution in [3.8, 4) is 0 Å². The lowest BCUT2D eigenvalue weighted by Crippen LogP contribution is -2.11. The van der Waals surface area contributed by atoms with E-state index in [0.29, 0.717) is 30.4 Å². The van der Waals surface area contributed by atoms with Crippen molar-refractivity contribution in [1.29, 1.82) is 0 Å². The summed E-state index contributed by atoms with van der Waals surface area (Å²) in [5.74, 6) is -1.53. The number of hydrogen-bond acceptors (Lipinski definition) is 4. The molecule has 0 aliphatic carbocycles. The van der Waals surface area contributed by atoms with Crippen LogP contribution in [-0.4, -0.2) is 25.2 Å². The summed E-state index contributed by atoms with van der Waals surface area (Å²) in [5, 5.41) is 0. The standard InChI is InChI=1S/C21H22F2O4/c22-18-8-3-1-6-16(18)12-14-26-20(24)10-5-11-21(25)27-15-13-17-7-2-4-9-19(17)23/h1-4,6-9H,5,10-15H2. The fraction of sp³-hybridized carbons (Fsp3) is 0.333. The summed E-state index contributed by atoms with van der Waals surface area (Å²) in [6, 6.07) is 12.6. The van der Waals surface area contributed by atoms with Crippen LogP contribution in [0.1, 0.15) is 30.4 Å². The van der Waals surface area contributed by atoms with Crippen molar-refractivity contribution in [3.05, 3.63) is 71.3 Å². The molecule has 2 aromatic rings. The number of hydrogen-bond donors (Lipinski definition) is 0. The quantitative estimate of drug-likeness (QED) is 0.588. The second kappa shape index (κ2) is 11.1. The van der Waals surface area contributed by atoms with Crippen molar-refractivity contribution >= 4 is 11.9 Å². The van der Waals surface area contributed by atoms with E-state index >= 15 is 0 Å². The van der Waals surface area contributed by atoms with Gasteiger partial charge in [-0.05, 0) is 29.7 Å². The number of esters is 2. The molecule has 0 fully saturated rings. The second-order valence-corrected chi connectivity index (χ2v) is 5.98. The Bertz CT molecular complexity index is 698. The first kappa shape index (κ1) is 20.6. The van der Waals surface area contributed by atoms with E-state index < -0.39 is 11.9 Å². The third-order valence-electron chi connectivity index (χ3n) is 3.95. The monoisotopic (exact) mass is 376 g/mol. The molecule has 0 aromatic heterocycles. The van der Waals surface area contributed by atoms with E-state index in [1.54, 1.807) is 36.4 Å². The highest BCUT2D eigenvalue weighted by Crippen LogP contribution is 2.09. The van der Waals surface area contributed by atoms with Crippen LogP contribution in [0.15, 0.2) is 48.5 Å². The lowest BCUT2D eigenvalue weighted by atomic mass is 10.1. The molecule has 0 radical (unpaired) electrons. The van der Waals surface area contributed by atoms with Gasteiger partial charge in [-0.3, -0.25) is 9.59 Å². The first-order valence-electron chi connectivity index (χ1n) is 8.84. The molecule has 6 heteroatoms. The molecule has 0 spiro atoms. The van der Waals surface area contributed by atoms with Gasteiger partial charge >= 0.3 is 11.9 Å². The van der Waals surface area contributed by atoms with Crippen molar-refractivity contribution < 1.29 is 27.8 Å². The molecule has 4 nitrogen and oxygen atoms in total. The lowest BCUT2D eigenvalue weighted by molar-refractivity contribution is -0.145. The molecule has 0 atom stereocenters. The van der Waals surface area contributed by atoms with Gasteiger partial charge in [0, 0.05) is 25.7 Å². The van der Waals surface area contributed by atoms with E-state index in [1.807, 2.05) is 0 Å². The Morgan fingerprint density at radius 1 is 0.704 bits per heavy atom. The highest BCUT2D eigenvalue weighted by molar-refractivity contribution is 5.72. The first-order valence-corrected chi connectivity index (χ1v) is 8.84. The van der Waals surface area contributed by atoms with E-state index in [-0.39, 0.29) is 37.7 Å². The van der Waals surface area contributed by atoms with Crippen LogP contribution < -0.4 is 0 Å². The maximum Gasteiger partial charge on any atom is 0.305 e. The smallest absolute Gasteiger partial charge is 0.305 e. The average molecular weight is 376 g/mol. The van der Waals surface area contributed by atoms with Gasteiger partial charge in [0.05, 0.1) is 13.2 Å². The predicted octanol–water partition coefficient (Wildman–Crippen LogP) is 4.01. The molecule has 0 aliphatic rings. The topological polar surface area (TPSA) is 52.6 Å². The number of rotatable bonds is 10. The normalized spacial score (nSPS) is 10.4. The second-order valence-electron chi connectivity index (χ2n) is 5.98. The Morgan fingerprint density at radius 3 is 1.52 bits per heavy atom. The van der Waals surface area contributed by atoms with Crippen LogP contribution in [0.4, 0.5) is 8.78 Å². The van der Waals surface area contributed by atoms with Crippen molar-refractivity contribution in [1.82, 2.24) is 0 Å². The van der Waals surface area contributed by atoms with Crippen LogP contribution in [0, 0.1) is 11.6 Å². The van der Waals surface area contributed by atoms with Gasteiger partial charge in [0.15, 0.2) is 0 Å². The fourth-order valence-electron chi connectivity index (χ4n) is 2.47. The third-order valence-corrected chi connectivity index (χ3v) is 3.95. The molecule has 0 heterocycles. The summed E-state index contributed by atoms with van der Waals surface area (Å²) in [5.41, 5.74) is 0.979. The minimum absolute atomic E-state index is 0.0830. The van der Waals surface area contributed by atoms with Gasteiger partial charge in [0.1, 0.15) is 11.6 Å². The van der Waals surface area contributed by atoms with Crippen molar-refractivity contribution in [2.24, 2.45) is 0 Å². The lowest BCUT2D eigenvalue weighted by Gasteiger charge is -2.07. The average Bonchev–Trinajstić information content (AvgIpc) is 2.65. The first-order chi connectivity index (χ1) is 13.1. The molecule has 27 heavy (non-hydrogen) atoms. The van der Waals surface area contributed by atoms with E-state index in [9.17, 15) is 18.4 Å². The molecule has 0 amide bonds. The van der Waals surface area contributed by atoms with Gasteiger partial charge in [-0.1, -0.05) is 36.4 Å². The Balaban J connectivity index is 1.54. The van der Waals surface area contributed by atoms with Gasteiger partial charge in [-0.2, -0.15) is 0 Å². The molecule has 2 rings (SSSR count). The summed E-state index contributed by atoms with van der Waals surface area (Å²) in [7, 11) is 0. The number of ether oxygens (including phenoxy) is 2. The van der Waals surface area contributed by atoms with Crippen LogP contribution in [0.2, 0.25) is 0 Å². The molecule has 0 N–H and O–H groups in total. The van der Waals surface area contributed by atoms with Crippen LogP contribution in [0.3, 0.4) is 0 Å². The minimum Gasteiger partial charge on any atom is -0.465 e. The molecule has 144 valence electrons. The van der Waals surface area contributed by atoms with Gasteiger partial charge in [0.2, 0.25) is 0 Å². The predicted molar refractivity (Wildman–Crippen MR) is 96.0 cm³/mol. The number of carbonyl (C=O) groups excluding carboxylic acids is 2. The Hall–Kier alpha value is -2.76. The van der Waals surface area contributed by atoms with E-state index in [0.717, 1.165) is 0 Å². The van der Waals surface area contributed by atoms with Crippen LogP contribution >= 0.6 is 0 Å². The molecule has 0 saturated heterocycles. The zero-order valence-electron chi connectivity index (χ0n) is 15.0. The van der Waals surface area contributed by atoms with E-state index in [2.05, 4.69) is 0 Å². The Kier molecular flexibility index (Phi) is 8.42. The summed E-state index contributed by atoms with van der Waals surface area (Å²) in [6.07, 6.45) is 1.07. The summed E-state index contributed by atoms with van der Waals surface area (Å²) in [6.45, 7) is 0.180. The Labute approximate surface area is 157 Å². The summed E-state index contributed by atoms with van der Waals surface area (Å²) in [4.78, 5) is 23.3. The summed E-state index contributed by atoms with van der Waals surface area (Å²) < 4.78 is 36.9. The highest BCUT2D eigenvalue weighted by atomic mass is 19.1. The van der Waals surface area contributed by atoms with E-state index in [4.69, 9.17) is 9.47 Å². The van der Waals surface area contributed by atoms with Gasteiger partial charge in [-0.15, -0.1) is 0 Å². The molecule has 0 saturated carbocycles. The molecular weight excluding hydrogens is 354 g/mol. The maximum absolute atomic E-state index is 13.4. The van der Waals surface area contributed by atoms with Crippen molar-refractivity contribution in [2.75, 3.05) is 13.2 Å². The van der Waals surface area contributed by atoms with Crippen molar-refractivity contribution in [3.63, 3.8) is 0 Å². The SMILES string of the molecule is O=C(CCCC(=O)OCCc1ccccc1F)OCCc1ccccc1F. The van der Waals surface area contributed by atoms with Crippen LogP contribution in [0.5, 0.6) is 0 Å².